The van der Waals surface area contributed by atoms with Crippen LogP contribution < -0.4 is 5.32 Å². The lowest BCUT2D eigenvalue weighted by molar-refractivity contribution is -0.121. The van der Waals surface area contributed by atoms with Crippen LogP contribution in [0.3, 0.4) is 0 Å². The third-order valence-electron chi connectivity index (χ3n) is 6.71. The molecule has 3 aromatic carbocycles. The Balaban J connectivity index is 1.49. The average Bonchev–Trinajstić information content (AvgIpc) is 3.26. The SMILES string of the molecule is Cc1ccc(Cn2cc(C(CC(=O)NCc3cccnc3)c3cccc(C)c3)c3ccccc32)cc1. The second-order valence-corrected chi connectivity index (χ2v) is 9.52. The van der Waals surface area contributed by atoms with Gasteiger partial charge in [0.1, 0.15) is 0 Å². The molecule has 36 heavy (non-hydrogen) atoms. The zero-order valence-electron chi connectivity index (χ0n) is 20.8. The van der Waals surface area contributed by atoms with Crippen molar-refractivity contribution >= 4 is 16.8 Å². The van der Waals surface area contributed by atoms with Crippen molar-refractivity contribution in [2.75, 3.05) is 0 Å². The summed E-state index contributed by atoms with van der Waals surface area (Å²) in [4.78, 5) is 17.3. The Morgan fingerprint density at radius 1 is 0.889 bits per heavy atom. The summed E-state index contributed by atoms with van der Waals surface area (Å²) in [5.41, 5.74) is 8.22. The van der Waals surface area contributed by atoms with Crippen molar-refractivity contribution in [2.45, 2.75) is 39.3 Å². The molecular weight excluding hydrogens is 442 g/mol. The van der Waals surface area contributed by atoms with Crippen molar-refractivity contribution in [1.82, 2.24) is 14.9 Å². The van der Waals surface area contributed by atoms with Crippen LogP contribution in [0.25, 0.3) is 10.9 Å². The molecule has 4 heteroatoms. The molecule has 0 fully saturated rings. The van der Waals surface area contributed by atoms with Crippen molar-refractivity contribution in [1.29, 1.82) is 0 Å². The first-order chi connectivity index (χ1) is 17.6. The quantitative estimate of drug-likeness (QED) is 0.278. The second kappa shape index (κ2) is 10.6. The van der Waals surface area contributed by atoms with Gasteiger partial charge in [0.05, 0.1) is 0 Å². The molecule has 1 atom stereocenters. The Morgan fingerprint density at radius 2 is 1.72 bits per heavy atom. The number of aromatic nitrogens is 2. The Hall–Kier alpha value is -4.18. The molecule has 0 aliphatic carbocycles. The molecule has 1 amide bonds. The number of fused-ring (bicyclic) bond motifs is 1. The van der Waals surface area contributed by atoms with Crippen molar-refractivity contribution in [2.24, 2.45) is 0 Å². The predicted octanol–water partition coefficient (Wildman–Crippen LogP) is 6.54. The first kappa shape index (κ1) is 23.6. The van der Waals surface area contributed by atoms with Gasteiger partial charge in [-0.2, -0.15) is 0 Å². The minimum atomic E-state index is -0.0528. The number of para-hydroxylation sites is 1. The van der Waals surface area contributed by atoms with E-state index in [-0.39, 0.29) is 11.8 Å². The van der Waals surface area contributed by atoms with Gasteiger partial charge in [-0.05, 0) is 48.2 Å². The topological polar surface area (TPSA) is 46.9 Å². The van der Waals surface area contributed by atoms with Crippen molar-refractivity contribution in [3.63, 3.8) is 0 Å². The lowest BCUT2D eigenvalue weighted by Crippen LogP contribution is -2.25. The Kier molecular flexibility index (Phi) is 6.94. The van der Waals surface area contributed by atoms with Gasteiger partial charge in [-0.3, -0.25) is 9.78 Å². The van der Waals surface area contributed by atoms with Crippen LogP contribution in [0.5, 0.6) is 0 Å². The number of amides is 1. The lowest BCUT2D eigenvalue weighted by atomic mass is 9.87. The first-order valence-electron chi connectivity index (χ1n) is 12.4. The highest BCUT2D eigenvalue weighted by atomic mass is 16.1. The van der Waals surface area contributed by atoms with Crippen LogP contribution in [0.2, 0.25) is 0 Å². The fourth-order valence-corrected chi connectivity index (χ4v) is 4.83. The maximum atomic E-state index is 13.2. The minimum absolute atomic E-state index is 0.0284. The van der Waals surface area contributed by atoms with E-state index in [4.69, 9.17) is 0 Å². The van der Waals surface area contributed by atoms with Gasteiger partial charge >= 0.3 is 0 Å². The summed E-state index contributed by atoms with van der Waals surface area (Å²) < 4.78 is 2.31. The molecule has 0 saturated carbocycles. The van der Waals surface area contributed by atoms with Crippen molar-refractivity contribution in [3.8, 4) is 0 Å². The average molecular weight is 474 g/mol. The van der Waals surface area contributed by atoms with E-state index < -0.39 is 0 Å². The van der Waals surface area contributed by atoms with Crippen molar-refractivity contribution in [3.05, 3.63) is 137 Å². The minimum Gasteiger partial charge on any atom is -0.352 e. The smallest absolute Gasteiger partial charge is 0.221 e. The van der Waals surface area contributed by atoms with Crippen LogP contribution in [-0.2, 0) is 17.9 Å². The summed E-state index contributed by atoms with van der Waals surface area (Å²) in [7, 11) is 0. The fraction of sp³-hybridized carbons (Fsp3) is 0.188. The number of carbonyl (C=O) groups excluding carboxylic acids is 1. The van der Waals surface area contributed by atoms with Gasteiger partial charge in [0.2, 0.25) is 5.91 Å². The summed E-state index contributed by atoms with van der Waals surface area (Å²) in [5, 5.41) is 4.29. The summed E-state index contributed by atoms with van der Waals surface area (Å²) >= 11 is 0. The standard InChI is InChI=1S/C32H31N3O/c1-23-12-14-25(15-13-23)21-35-22-30(28-10-3-4-11-31(28)35)29(27-9-5-7-24(2)17-27)18-32(36)34-20-26-8-6-16-33-19-26/h3-17,19,22,29H,18,20-21H2,1-2H3,(H,34,36). The lowest BCUT2D eigenvalue weighted by Gasteiger charge is -2.18. The summed E-state index contributed by atoms with van der Waals surface area (Å²) in [6, 6.07) is 29.6. The Labute approximate surface area is 212 Å². The zero-order chi connectivity index (χ0) is 24.9. The number of pyridine rings is 1. The van der Waals surface area contributed by atoms with Gasteiger partial charge < -0.3 is 9.88 Å². The van der Waals surface area contributed by atoms with E-state index in [2.05, 4.69) is 108 Å². The van der Waals surface area contributed by atoms with E-state index in [1.165, 1.54) is 33.2 Å². The van der Waals surface area contributed by atoms with Crippen LogP contribution in [0.4, 0.5) is 0 Å². The number of nitrogens with zero attached hydrogens (tertiary/aromatic N) is 2. The van der Waals surface area contributed by atoms with Gasteiger partial charge in [0.15, 0.2) is 0 Å². The van der Waals surface area contributed by atoms with Gasteiger partial charge in [0.25, 0.3) is 0 Å². The molecule has 180 valence electrons. The molecule has 5 aromatic rings. The van der Waals surface area contributed by atoms with Crippen LogP contribution in [0.15, 0.2) is 104 Å². The molecule has 0 radical (unpaired) electrons. The number of benzene rings is 3. The molecule has 0 aliphatic heterocycles. The van der Waals surface area contributed by atoms with Gasteiger partial charge in [0, 0.05) is 54.9 Å². The highest BCUT2D eigenvalue weighted by molar-refractivity contribution is 5.86. The Bertz CT molecular complexity index is 1470. The zero-order valence-corrected chi connectivity index (χ0v) is 20.8. The monoisotopic (exact) mass is 473 g/mol. The molecule has 5 rings (SSSR count). The number of aryl methyl sites for hydroxylation is 2. The van der Waals surface area contributed by atoms with Gasteiger partial charge in [-0.25, -0.2) is 0 Å². The van der Waals surface area contributed by atoms with E-state index >= 15 is 0 Å². The van der Waals surface area contributed by atoms with E-state index in [1.54, 1.807) is 12.4 Å². The molecule has 0 bridgehead atoms. The van der Waals surface area contributed by atoms with Crippen LogP contribution in [0.1, 0.15) is 45.7 Å². The fourth-order valence-electron chi connectivity index (χ4n) is 4.83. The predicted molar refractivity (Wildman–Crippen MR) is 146 cm³/mol. The number of hydrogen-bond acceptors (Lipinski definition) is 2. The van der Waals surface area contributed by atoms with Crippen LogP contribution in [0, 0.1) is 13.8 Å². The van der Waals surface area contributed by atoms with Gasteiger partial charge in [-0.1, -0.05) is 83.9 Å². The molecule has 2 aromatic heterocycles. The third kappa shape index (κ3) is 5.38. The number of hydrogen-bond donors (Lipinski definition) is 1. The summed E-state index contributed by atoms with van der Waals surface area (Å²) in [6.07, 6.45) is 6.15. The highest BCUT2D eigenvalue weighted by Crippen LogP contribution is 2.35. The molecule has 1 N–H and O–H groups in total. The molecule has 0 saturated heterocycles. The third-order valence-corrected chi connectivity index (χ3v) is 6.71. The molecule has 2 heterocycles. The number of nitrogens with one attached hydrogen (secondary N) is 1. The number of rotatable bonds is 8. The van der Waals surface area contributed by atoms with E-state index in [0.29, 0.717) is 13.0 Å². The number of carbonyl (C=O) groups is 1. The molecule has 0 aliphatic rings. The summed E-state index contributed by atoms with van der Waals surface area (Å²) in [6.45, 7) is 5.47. The van der Waals surface area contributed by atoms with E-state index in [0.717, 1.165) is 17.7 Å². The van der Waals surface area contributed by atoms with Crippen LogP contribution in [-0.4, -0.2) is 15.5 Å². The normalized spacial score (nSPS) is 11.9. The summed E-state index contributed by atoms with van der Waals surface area (Å²) in [5.74, 6) is -0.0244. The van der Waals surface area contributed by atoms with Gasteiger partial charge in [-0.15, -0.1) is 0 Å². The highest BCUT2D eigenvalue weighted by Gasteiger charge is 2.23. The van der Waals surface area contributed by atoms with Crippen LogP contribution >= 0.6 is 0 Å². The largest absolute Gasteiger partial charge is 0.352 e. The van der Waals surface area contributed by atoms with Crippen molar-refractivity contribution < 1.29 is 4.79 Å². The van der Waals surface area contributed by atoms with E-state index in [1.807, 2.05) is 12.1 Å². The van der Waals surface area contributed by atoms with E-state index in [9.17, 15) is 4.79 Å². The molecule has 0 spiro atoms. The molecule has 1 unspecified atom stereocenters. The maximum absolute atomic E-state index is 13.2. The molecular formula is C32H31N3O. The maximum Gasteiger partial charge on any atom is 0.221 e. The molecule has 4 nitrogen and oxygen atoms in total. The Morgan fingerprint density at radius 3 is 2.50 bits per heavy atom. The second-order valence-electron chi connectivity index (χ2n) is 9.52. The first-order valence-corrected chi connectivity index (χ1v) is 12.4.